The van der Waals surface area contributed by atoms with Crippen LogP contribution in [0.25, 0.3) is 0 Å². The molecule has 2 aliphatic heterocycles. The third kappa shape index (κ3) is 2.03. The van der Waals surface area contributed by atoms with Crippen molar-refractivity contribution < 1.29 is 14.2 Å². The van der Waals surface area contributed by atoms with Crippen molar-refractivity contribution in [2.24, 2.45) is 10.2 Å². The van der Waals surface area contributed by atoms with Gasteiger partial charge in [0.25, 0.3) is 0 Å². The zero-order chi connectivity index (χ0) is 15.7. The lowest BCUT2D eigenvalue weighted by Gasteiger charge is -2.09. The topological polar surface area (TPSA) is 113 Å². The quantitative estimate of drug-likeness (QED) is 0.760. The summed E-state index contributed by atoms with van der Waals surface area (Å²) in [7, 11) is 2.88. The Labute approximate surface area is 124 Å². The highest BCUT2D eigenvalue weighted by atomic mass is 16.5. The van der Waals surface area contributed by atoms with Crippen molar-refractivity contribution in [1.82, 2.24) is 9.97 Å². The van der Waals surface area contributed by atoms with Crippen LogP contribution in [0.5, 0.6) is 11.9 Å². The Bertz CT molecular complexity index is 844. The smallest absolute Gasteiger partial charge is 0.319 e. The van der Waals surface area contributed by atoms with Crippen molar-refractivity contribution in [3.05, 3.63) is 40.2 Å². The van der Waals surface area contributed by atoms with Crippen LogP contribution in [0, 0.1) is 16.2 Å². The van der Waals surface area contributed by atoms with Crippen LogP contribution in [-0.4, -0.2) is 40.4 Å². The molecule has 2 aliphatic rings. The third-order valence-electron chi connectivity index (χ3n) is 3.01. The Hall–Kier alpha value is -3.41. The average molecular weight is 297 g/mol. The van der Waals surface area contributed by atoms with Crippen LogP contribution in [0.4, 0.5) is 0 Å². The number of aromatic nitrogens is 2. The van der Waals surface area contributed by atoms with E-state index in [1.54, 1.807) is 0 Å². The van der Waals surface area contributed by atoms with E-state index in [1.807, 2.05) is 6.07 Å². The minimum atomic E-state index is 0.139. The molecule has 0 fully saturated rings. The van der Waals surface area contributed by atoms with Gasteiger partial charge in [-0.15, -0.1) is 10.2 Å². The number of nitrogens with zero attached hydrogens (tertiary/aromatic N) is 6. The van der Waals surface area contributed by atoms with Gasteiger partial charge in [0.1, 0.15) is 28.6 Å². The first-order valence-corrected chi connectivity index (χ1v) is 6.09. The first-order chi connectivity index (χ1) is 10.7. The molecule has 0 saturated heterocycles. The van der Waals surface area contributed by atoms with Gasteiger partial charge in [-0.25, -0.2) is 4.98 Å². The van der Waals surface area contributed by atoms with Crippen molar-refractivity contribution in [2.75, 3.05) is 14.2 Å². The lowest BCUT2D eigenvalue weighted by atomic mass is 9.96. The number of rotatable bonds is 3. The molecule has 0 atom stereocenters. The standard InChI is InChI=1S/C13H9N6O3/c1-21-12-8(4-15-13(16-12)22-2)11-9-6-19(20)5-7(3-14)10(9)17-18-11/h4-6H,1-2H3/q+1. The fourth-order valence-electron chi connectivity index (χ4n) is 2.04. The minimum absolute atomic E-state index is 0.139. The molecule has 1 aromatic rings. The second-order valence-electron chi connectivity index (χ2n) is 4.23. The van der Waals surface area contributed by atoms with Gasteiger partial charge in [0.05, 0.1) is 24.5 Å². The molecule has 0 spiro atoms. The number of allylic oxidation sites excluding steroid dienone is 2. The predicted molar refractivity (Wildman–Crippen MR) is 74.5 cm³/mol. The maximum absolute atomic E-state index is 11.6. The number of fused-ring (bicyclic) bond motifs is 1. The summed E-state index contributed by atoms with van der Waals surface area (Å²) in [5.74, 6) is 0.230. The normalized spacial score (nSPS) is 16.0. The van der Waals surface area contributed by atoms with Crippen molar-refractivity contribution >= 4 is 11.4 Å². The molecular weight excluding hydrogens is 288 g/mol. The Balaban J connectivity index is 2.07. The Kier molecular flexibility index (Phi) is 3.19. The van der Waals surface area contributed by atoms with Crippen LogP contribution in [-0.2, 0) is 0 Å². The first-order valence-electron chi connectivity index (χ1n) is 6.09. The molecule has 0 aromatic carbocycles. The number of nitroso groups, excluding NO2 is 1. The number of methoxy groups -OCH3 is 2. The molecule has 9 nitrogen and oxygen atoms in total. The SMILES string of the molecule is COc1ncc(C2=NN=C3C(C#N)=C[N+](=O)C=C32)c(OC)n1. The van der Waals surface area contributed by atoms with Crippen molar-refractivity contribution in [3.63, 3.8) is 0 Å². The van der Waals surface area contributed by atoms with E-state index in [4.69, 9.17) is 14.7 Å². The van der Waals surface area contributed by atoms with Crippen LogP contribution in [0.1, 0.15) is 5.56 Å². The zero-order valence-electron chi connectivity index (χ0n) is 11.6. The van der Waals surface area contributed by atoms with E-state index in [0.29, 0.717) is 27.3 Å². The molecule has 1 aromatic heterocycles. The van der Waals surface area contributed by atoms with Gasteiger partial charge < -0.3 is 9.47 Å². The van der Waals surface area contributed by atoms with E-state index in [9.17, 15) is 4.91 Å². The summed E-state index contributed by atoms with van der Waals surface area (Å²) in [6.45, 7) is 0. The highest BCUT2D eigenvalue weighted by Crippen LogP contribution is 2.28. The zero-order valence-corrected chi connectivity index (χ0v) is 11.6. The molecule has 9 heteroatoms. The van der Waals surface area contributed by atoms with Gasteiger partial charge in [0.15, 0.2) is 0 Å². The largest absolute Gasteiger partial charge is 0.480 e. The van der Waals surface area contributed by atoms with E-state index in [-0.39, 0.29) is 17.5 Å². The summed E-state index contributed by atoms with van der Waals surface area (Å²) in [6, 6.07) is 2.06. The number of nitriles is 1. The average Bonchev–Trinajstić information content (AvgIpc) is 2.96. The highest BCUT2D eigenvalue weighted by Gasteiger charge is 2.35. The second-order valence-corrected chi connectivity index (χ2v) is 4.23. The number of ether oxygens (including phenoxy) is 2. The molecule has 0 aliphatic carbocycles. The van der Waals surface area contributed by atoms with E-state index in [2.05, 4.69) is 20.2 Å². The van der Waals surface area contributed by atoms with Gasteiger partial charge in [-0.2, -0.15) is 10.2 Å². The molecule has 0 saturated carbocycles. The van der Waals surface area contributed by atoms with E-state index in [1.165, 1.54) is 26.6 Å². The van der Waals surface area contributed by atoms with Crippen molar-refractivity contribution in [1.29, 1.82) is 5.26 Å². The summed E-state index contributed by atoms with van der Waals surface area (Å²) < 4.78 is 10.7. The summed E-state index contributed by atoms with van der Waals surface area (Å²) in [5.41, 5.74) is 1.69. The molecule has 0 amide bonds. The predicted octanol–water partition coefficient (Wildman–Crippen LogP) is 0.736. The number of hydrogen-bond acceptors (Lipinski definition) is 8. The maximum atomic E-state index is 11.6. The van der Waals surface area contributed by atoms with Crippen LogP contribution in [0.2, 0.25) is 0 Å². The van der Waals surface area contributed by atoms with Crippen molar-refractivity contribution in [2.45, 2.75) is 0 Å². The molecule has 108 valence electrons. The molecule has 22 heavy (non-hydrogen) atoms. The highest BCUT2D eigenvalue weighted by molar-refractivity contribution is 6.37. The molecule has 0 N–H and O–H groups in total. The third-order valence-corrected chi connectivity index (χ3v) is 3.01. The monoisotopic (exact) mass is 297 g/mol. The van der Waals surface area contributed by atoms with Gasteiger partial charge in [-0.3, -0.25) is 0 Å². The molecule has 3 rings (SSSR count). The van der Waals surface area contributed by atoms with E-state index < -0.39 is 0 Å². The lowest BCUT2D eigenvalue weighted by molar-refractivity contribution is -0.403. The van der Waals surface area contributed by atoms with Gasteiger partial charge >= 0.3 is 6.01 Å². The summed E-state index contributed by atoms with van der Waals surface area (Å²) in [5, 5.41) is 17.1. The Morgan fingerprint density at radius 3 is 2.64 bits per heavy atom. The molecule has 0 unspecified atom stereocenters. The molecule has 0 radical (unpaired) electrons. The fourth-order valence-corrected chi connectivity index (χ4v) is 2.04. The summed E-state index contributed by atoms with van der Waals surface area (Å²) in [4.78, 5) is 19.7. The summed E-state index contributed by atoms with van der Waals surface area (Å²) in [6.07, 6.45) is 3.89. The van der Waals surface area contributed by atoms with Gasteiger partial charge in [0, 0.05) is 11.1 Å². The van der Waals surface area contributed by atoms with Gasteiger partial charge in [0.2, 0.25) is 18.3 Å². The summed E-state index contributed by atoms with van der Waals surface area (Å²) >= 11 is 0. The van der Waals surface area contributed by atoms with Crippen LogP contribution in [0.15, 0.2) is 39.9 Å². The number of hydrogen-bond donors (Lipinski definition) is 0. The second kappa shape index (κ2) is 5.17. The molecule has 0 bridgehead atoms. The van der Waals surface area contributed by atoms with Gasteiger partial charge in [-0.1, -0.05) is 0 Å². The Morgan fingerprint density at radius 1 is 1.18 bits per heavy atom. The fraction of sp³-hybridized carbons (Fsp3) is 0.154. The molecule has 3 heterocycles. The van der Waals surface area contributed by atoms with E-state index in [0.717, 1.165) is 6.20 Å². The lowest BCUT2D eigenvalue weighted by Crippen LogP contribution is -2.18. The van der Waals surface area contributed by atoms with Crippen LogP contribution in [0.3, 0.4) is 0 Å². The maximum Gasteiger partial charge on any atom is 0.319 e. The minimum Gasteiger partial charge on any atom is -0.480 e. The van der Waals surface area contributed by atoms with Crippen molar-refractivity contribution in [3.8, 4) is 18.0 Å². The Morgan fingerprint density at radius 2 is 1.95 bits per heavy atom. The molecular formula is C13H9N6O3+. The first kappa shape index (κ1) is 13.6. The van der Waals surface area contributed by atoms with E-state index >= 15 is 0 Å². The van der Waals surface area contributed by atoms with Crippen LogP contribution < -0.4 is 9.47 Å². The van der Waals surface area contributed by atoms with Gasteiger partial charge in [-0.05, 0) is 0 Å². The van der Waals surface area contributed by atoms with Crippen LogP contribution >= 0.6 is 0 Å².